The second-order valence-corrected chi connectivity index (χ2v) is 8.33. The van der Waals surface area contributed by atoms with E-state index in [0.717, 1.165) is 0 Å². The molecule has 0 radical (unpaired) electrons. The fourth-order valence-electron chi connectivity index (χ4n) is 4.46. The number of anilines is 1. The highest BCUT2D eigenvalue weighted by molar-refractivity contribution is 6.51. The number of ether oxygens (including phenoxy) is 2. The second kappa shape index (κ2) is 9.77. The number of fused-ring (bicyclic) bond motifs is 1. The van der Waals surface area contributed by atoms with E-state index >= 15 is 0 Å². The molecule has 1 fully saturated rings. The van der Waals surface area contributed by atoms with Crippen molar-refractivity contribution in [3.8, 4) is 11.5 Å². The average Bonchev–Trinajstić information content (AvgIpc) is 3.42. The van der Waals surface area contributed by atoms with Crippen LogP contribution in [0.15, 0.2) is 72.3 Å². The Morgan fingerprint density at radius 1 is 1.03 bits per heavy atom. The van der Waals surface area contributed by atoms with E-state index in [-0.39, 0.29) is 22.8 Å². The van der Waals surface area contributed by atoms with Gasteiger partial charge in [0.1, 0.15) is 23.1 Å². The Hall–Kier alpha value is -4.66. The number of aromatic nitrogens is 2. The summed E-state index contributed by atoms with van der Waals surface area (Å²) in [5.41, 5.74) is 1.51. The molecule has 188 valence electrons. The molecule has 37 heavy (non-hydrogen) atoms. The van der Waals surface area contributed by atoms with E-state index in [1.165, 1.54) is 23.1 Å². The lowest BCUT2D eigenvalue weighted by Crippen LogP contribution is -2.30. The monoisotopic (exact) mass is 501 g/mol. The molecule has 3 aromatic carbocycles. The van der Waals surface area contributed by atoms with E-state index in [2.05, 4.69) is 9.97 Å². The third-order valence-electron chi connectivity index (χ3n) is 6.04. The lowest BCUT2D eigenvalue weighted by molar-refractivity contribution is -0.132. The number of imidazole rings is 1. The van der Waals surface area contributed by atoms with Crippen molar-refractivity contribution in [2.75, 3.05) is 18.1 Å². The van der Waals surface area contributed by atoms with Crippen LogP contribution in [0.2, 0.25) is 0 Å². The molecule has 2 N–H and O–H groups in total. The first kappa shape index (κ1) is 24.1. The van der Waals surface area contributed by atoms with Gasteiger partial charge in [-0.3, -0.25) is 14.5 Å². The number of hydrogen-bond acceptors (Lipinski definition) is 6. The number of ketones is 1. The summed E-state index contributed by atoms with van der Waals surface area (Å²) in [6, 6.07) is 16.7. The van der Waals surface area contributed by atoms with Crippen LogP contribution < -0.4 is 14.4 Å². The Balaban J connectivity index is 1.71. The first-order chi connectivity index (χ1) is 17.9. The van der Waals surface area contributed by atoms with Crippen LogP contribution in [0.3, 0.4) is 0 Å². The number of hydrogen-bond donors (Lipinski definition) is 2. The van der Waals surface area contributed by atoms with Crippen molar-refractivity contribution in [2.45, 2.75) is 19.9 Å². The predicted molar refractivity (Wildman–Crippen MR) is 136 cm³/mol. The number of nitrogens with one attached hydrogen (secondary N) is 1. The summed E-state index contributed by atoms with van der Waals surface area (Å²) in [7, 11) is 0. The number of benzene rings is 3. The largest absolute Gasteiger partial charge is 0.507 e. The molecule has 1 unspecified atom stereocenters. The van der Waals surface area contributed by atoms with E-state index in [1.807, 2.05) is 6.92 Å². The van der Waals surface area contributed by atoms with E-state index in [1.54, 1.807) is 55.5 Å². The average molecular weight is 502 g/mol. The fourth-order valence-corrected chi connectivity index (χ4v) is 4.46. The number of carbonyl (C=O) groups excluding carboxylic acids is 2. The Morgan fingerprint density at radius 2 is 1.78 bits per heavy atom. The van der Waals surface area contributed by atoms with Crippen molar-refractivity contribution in [1.82, 2.24) is 9.97 Å². The number of halogens is 1. The number of nitrogens with zero attached hydrogens (tertiary/aromatic N) is 2. The van der Waals surface area contributed by atoms with Crippen molar-refractivity contribution in [3.63, 3.8) is 0 Å². The molecule has 0 spiro atoms. The van der Waals surface area contributed by atoms with E-state index in [0.29, 0.717) is 41.3 Å². The van der Waals surface area contributed by atoms with Gasteiger partial charge in [-0.05, 0) is 49.7 Å². The number of aromatic amines is 1. The minimum Gasteiger partial charge on any atom is -0.507 e. The molecule has 4 aromatic rings. The van der Waals surface area contributed by atoms with Gasteiger partial charge in [0.2, 0.25) is 5.95 Å². The summed E-state index contributed by atoms with van der Waals surface area (Å²) in [5, 5.41) is 11.5. The number of carbonyl (C=O) groups is 2. The number of amides is 1. The Kier molecular flexibility index (Phi) is 6.35. The van der Waals surface area contributed by atoms with Gasteiger partial charge in [-0.25, -0.2) is 9.37 Å². The number of Topliss-reactive ketones (excluding diaryl/α,β-unsaturated/α-hetero) is 1. The zero-order valence-corrected chi connectivity index (χ0v) is 20.2. The third-order valence-corrected chi connectivity index (χ3v) is 6.04. The summed E-state index contributed by atoms with van der Waals surface area (Å²) in [6.07, 6.45) is 0. The topological polar surface area (TPSA) is 105 Å². The molecule has 0 aliphatic carbocycles. The summed E-state index contributed by atoms with van der Waals surface area (Å²) >= 11 is 0. The van der Waals surface area contributed by atoms with Crippen LogP contribution in [0.1, 0.15) is 31.0 Å². The van der Waals surface area contributed by atoms with Gasteiger partial charge in [-0.15, -0.1) is 0 Å². The van der Waals surface area contributed by atoms with Gasteiger partial charge in [-0.1, -0.05) is 30.3 Å². The minimum atomic E-state index is -0.993. The Morgan fingerprint density at radius 3 is 2.51 bits per heavy atom. The van der Waals surface area contributed by atoms with Crippen LogP contribution >= 0.6 is 0 Å². The van der Waals surface area contributed by atoms with E-state index < -0.39 is 23.5 Å². The normalized spacial score (nSPS) is 16.9. The Bertz CT molecular complexity index is 1530. The number of aliphatic hydroxyl groups is 1. The summed E-state index contributed by atoms with van der Waals surface area (Å²) in [6.45, 7) is 4.39. The van der Waals surface area contributed by atoms with Gasteiger partial charge >= 0.3 is 5.91 Å². The molecular weight excluding hydrogens is 477 g/mol. The van der Waals surface area contributed by atoms with Crippen LogP contribution in [0, 0.1) is 5.82 Å². The lowest BCUT2D eigenvalue weighted by Gasteiger charge is -2.23. The maximum absolute atomic E-state index is 13.8. The molecule has 0 bridgehead atoms. The minimum absolute atomic E-state index is 0.0623. The first-order valence-corrected chi connectivity index (χ1v) is 11.8. The zero-order valence-electron chi connectivity index (χ0n) is 20.2. The maximum atomic E-state index is 13.8. The van der Waals surface area contributed by atoms with E-state index in [9.17, 15) is 19.1 Å². The molecule has 0 saturated carbocycles. The summed E-state index contributed by atoms with van der Waals surface area (Å²) in [5.74, 6) is -1.70. The highest BCUT2D eigenvalue weighted by Crippen LogP contribution is 2.43. The molecule has 1 atom stereocenters. The van der Waals surface area contributed by atoms with Gasteiger partial charge in [-0.2, -0.15) is 0 Å². The standard InChI is InChI=1S/C28H24FN3O5/c1-3-36-18-11-12-19(22(15-18)37-4-2)25(33)23-24(16-8-6-5-7-9-16)32(27(35)26(23)34)28-30-20-13-10-17(29)14-21(20)31-28/h5-15,24,33H,3-4H2,1-2H3,(H,30,31)/b25-23+. The first-order valence-electron chi connectivity index (χ1n) is 11.8. The predicted octanol–water partition coefficient (Wildman–Crippen LogP) is 5.13. The van der Waals surface area contributed by atoms with Gasteiger partial charge < -0.3 is 19.6 Å². The van der Waals surface area contributed by atoms with Gasteiger partial charge in [0.15, 0.2) is 0 Å². The number of H-pyrrole nitrogens is 1. The van der Waals surface area contributed by atoms with Crippen LogP contribution in [-0.4, -0.2) is 40.0 Å². The van der Waals surface area contributed by atoms with Gasteiger partial charge in [0, 0.05) is 6.07 Å². The SMILES string of the molecule is CCOc1ccc(/C(O)=C2\C(=O)C(=O)N(c3nc4ccc(F)cc4[nH]3)C2c2ccccc2)c(OCC)c1. The molecule has 1 aromatic heterocycles. The molecule has 9 heteroatoms. The summed E-state index contributed by atoms with van der Waals surface area (Å²) in [4.78, 5) is 35.3. The molecule has 5 rings (SSSR count). The highest BCUT2D eigenvalue weighted by atomic mass is 19.1. The quantitative estimate of drug-likeness (QED) is 0.207. The molecule has 1 amide bonds. The van der Waals surface area contributed by atoms with Crippen LogP contribution in [0.4, 0.5) is 10.3 Å². The van der Waals surface area contributed by atoms with Crippen LogP contribution in [-0.2, 0) is 9.59 Å². The van der Waals surface area contributed by atoms with Gasteiger partial charge in [0.25, 0.3) is 5.78 Å². The summed E-state index contributed by atoms with van der Waals surface area (Å²) < 4.78 is 25.1. The smallest absolute Gasteiger partial charge is 0.302 e. The van der Waals surface area contributed by atoms with Crippen molar-refractivity contribution >= 4 is 34.4 Å². The molecule has 1 aliphatic heterocycles. The number of rotatable bonds is 7. The number of aliphatic hydroxyl groups excluding tert-OH is 1. The van der Waals surface area contributed by atoms with Crippen molar-refractivity contribution in [3.05, 3.63) is 89.2 Å². The molecule has 2 heterocycles. The second-order valence-electron chi connectivity index (χ2n) is 8.33. The molecule has 8 nitrogen and oxygen atoms in total. The molecule has 1 saturated heterocycles. The Labute approximate surface area is 212 Å². The third kappa shape index (κ3) is 4.29. The van der Waals surface area contributed by atoms with Gasteiger partial charge in [0.05, 0.1) is 41.4 Å². The van der Waals surface area contributed by atoms with Crippen molar-refractivity contribution in [2.24, 2.45) is 0 Å². The molecular formula is C28H24FN3O5. The van der Waals surface area contributed by atoms with Crippen molar-refractivity contribution in [1.29, 1.82) is 0 Å². The maximum Gasteiger partial charge on any atom is 0.302 e. The van der Waals surface area contributed by atoms with E-state index in [4.69, 9.17) is 9.47 Å². The fraction of sp³-hybridized carbons (Fsp3) is 0.179. The highest BCUT2D eigenvalue weighted by Gasteiger charge is 2.48. The molecule has 1 aliphatic rings. The van der Waals surface area contributed by atoms with Crippen LogP contribution in [0.25, 0.3) is 16.8 Å². The van der Waals surface area contributed by atoms with Crippen LogP contribution in [0.5, 0.6) is 11.5 Å². The lowest BCUT2D eigenvalue weighted by atomic mass is 9.95. The van der Waals surface area contributed by atoms with Crippen molar-refractivity contribution < 1.29 is 28.6 Å². The zero-order chi connectivity index (χ0) is 26.1.